The fourth-order valence-corrected chi connectivity index (χ4v) is 8.38. The molecule has 2 saturated heterocycles. The van der Waals surface area contributed by atoms with Crippen molar-refractivity contribution < 1.29 is 23.6 Å². The Morgan fingerprint density at radius 1 is 1.16 bits per heavy atom. The number of carbonyl (C=O) groups is 1. The Morgan fingerprint density at radius 2 is 1.92 bits per heavy atom. The molecule has 3 aromatic rings. The number of aromatic carboxylic acids is 1. The second-order valence-corrected chi connectivity index (χ2v) is 13.1. The molecule has 2 unspecified atom stereocenters. The normalized spacial score (nSPS) is 28.2. The van der Waals surface area contributed by atoms with Crippen molar-refractivity contribution in [1.29, 1.82) is 0 Å². The van der Waals surface area contributed by atoms with Crippen LogP contribution in [-0.2, 0) is 11.3 Å². The van der Waals surface area contributed by atoms with Crippen molar-refractivity contribution >= 4 is 32.7 Å². The van der Waals surface area contributed by atoms with Gasteiger partial charge in [-0.1, -0.05) is 16.5 Å². The van der Waals surface area contributed by atoms with E-state index in [0.717, 1.165) is 48.3 Å². The van der Waals surface area contributed by atoms with E-state index in [9.17, 15) is 14.3 Å². The molecule has 0 amide bonds. The number of thiazole rings is 1. The minimum Gasteiger partial charge on any atom is -0.478 e. The molecule has 1 aromatic carbocycles. The average Bonchev–Trinajstić information content (AvgIpc) is 3.75. The van der Waals surface area contributed by atoms with Crippen molar-refractivity contribution in [3.8, 4) is 0 Å². The molecular formula is C28H30FN3O4S. The molecule has 5 aliphatic rings. The zero-order valence-corrected chi connectivity index (χ0v) is 21.4. The van der Waals surface area contributed by atoms with Crippen molar-refractivity contribution in [3.63, 3.8) is 0 Å². The third kappa shape index (κ3) is 3.72. The van der Waals surface area contributed by atoms with Crippen LogP contribution in [0.5, 0.6) is 0 Å². The summed E-state index contributed by atoms with van der Waals surface area (Å²) in [6.07, 6.45) is 11.8. The van der Waals surface area contributed by atoms with Crippen molar-refractivity contribution in [2.45, 2.75) is 101 Å². The Labute approximate surface area is 218 Å². The van der Waals surface area contributed by atoms with Crippen molar-refractivity contribution in [2.24, 2.45) is 5.41 Å². The van der Waals surface area contributed by atoms with E-state index in [1.165, 1.54) is 61.5 Å². The summed E-state index contributed by atoms with van der Waals surface area (Å²) in [6.45, 7) is 0.586. The molecule has 2 atom stereocenters. The number of piperidine rings is 1. The molecule has 2 aromatic heterocycles. The molecule has 3 aliphatic carbocycles. The molecule has 194 valence electrons. The maximum Gasteiger partial charge on any atom is 0.335 e. The number of rotatable bonds is 7. The number of halogens is 1. The van der Waals surface area contributed by atoms with Crippen LogP contribution in [0.4, 0.5) is 9.52 Å². The second kappa shape index (κ2) is 7.99. The Kier molecular flexibility index (Phi) is 4.85. The van der Waals surface area contributed by atoms with Gasteiger partial charge >= 0.3 is 5.97 Å². The highest BCUT2D eigenvalue weighted by molar-refractivity contribution is 7.22. The lowest BCUT2D eigenvalue weighted by molar-refractivity contribution is 0.0138. The number of ether oxygens (including phenoxy) is 1. The van der Waals surface area contributed by atoms with Crippen LogP contribution in [-0.4, -0.2) is 39.4 Å². The van der Waals surface area contributed by atoms with Gasteiger partial charge in [-0.05, 0) is 81.8 Å². The van der Waals surface area contributed by atoms with Crippen LogP contribution in [0.2, 0.25) is 0 Å². The number of benzene rings is 1. The van der Waals surface area contributed by atoms with Crippen LogP contribution in [0.25, 0.3) is 10.2 Å². The Balaban J connectivity index is 0.986. The standard InChI is InChI=1S/C28H30FN3O4S/c29-21-7-15(26(33)34)8-22-24(21)30-27(37-22)32-17-3-4-18(32)10-19(9-17)35-13-20-23(16-11-28(12-16)5-6-28)31-36-25(20)14-1-2-14/h7-8,14,16-19H,1-6,9-13H2,(H,33,34). The van der Waals surface area contributed by atoms with E-state index in [4.69, 9.17) is 9.26 Å². The zero-order valence-electron chi connectivity index (χ0n) is 20.6. The van der Waals surface area contributed by atoms with Crippen molar-refractivity contribution in [1.82, 2.24) is 10.1 Å². The Morgan fingerprint density at radius 3 is 2.59 bits per heavy atom. The molecule has 5 fully saturated rings. The third-order valence-electron chi connectivity index (χ3n) is 9.56. The summed E-state index contributed by atoms with van der Waals surface area (Å²) in [5.41, 5.74) is 3.25. The van der Waals surface area contributed by atoms with Gasteiger partial charge in [0.1, 0.15) is 11.3 Å². The highest BCUT2D eigenvalue weighted by atomic mass is 32.1. The quantitative estimate of drug-likeness (QED) is 0.385. The van der Waals surface area contributed by atoms with E-state index >= 15 is 0 Å². The maximum atomic E-state index is 14.6. The number of carboxylic acids is 1. The van der Waals surface area contributed by atoms with E-state index in [1.54, 1.807) is 0 Å². The number of anilines is 1. The summed E-state index contributed by atoms with van der Waals surface area (Å²) in [4.78, 5) is 18.3. The van der Waals surface area contributed by atoms with Crippen LogP contribution >= 0.6 is 11.3 Å². The molecule has 37 heavy (non-hydrogen) atoms. The van der Waals surface area contributed by atoms with E-state index in [2.05, 4.69) is 15.0 Å². The summed E-state index contributed by atoms with van der Waals surface area (Å²) >= 11 is 1.39. The molecule has 3 saturated carbocycles. The van der Waals surface area contributed by atoms with E-state index < -0.39 is 11.8 Å². The summed E-state index contributed by atoms with van der Waals surface area (Å²) in [6, 6.07) is 3.20. The third-order valence-corrected chi connectivity index (χ3v) is 10.6. The summed E-state index contributed by atoms with van der Waals surface area (Å²) in [5, 5.41) is 14.6. The van der Waals surface area contributed by atoms with Gasteiger partial charge in [-0.2, -0.15) is 0 Å². The molecule has 4 heterocycles. The first-order chi connectivity index (χ1) is 18.0. The molecule has 2 bridgehead atoms. The van der Waals surface area contributed by atoms with Gasteiger partial charge in [-0.15, -0.1) is 0 Å². The number of nitrogens with zero attached hydrogens (tertiary/aromatic N) is 3. The molecule has 2 aliphatic heterocycles. The van der Waals surface area contributed by atoms with Crippen LogP contribution < -0.4 is 4.90 Å². The van der Waals surface area contributed by atoms with Gasteiger partial charge in [0.05, 0.1) is 28.7 Å². The Hall–Kier alpha value is -2.52. The highest BCUT2D eigenvalue weighted by Crippen LogP contribution is 2.66. The molecule has 7 nitrogen and oxygen atoms in total. The SMILES string of the molecule is O=C(O)c1cc(F)c2nc(N3C4CCC3CC(OCc3c(C5CC6(CC6)C5)noc3C3CC3)C4)sc2c1. The second-order valence-electron chi connectivity index (χ2n) is 12.1. The average molecular weight is 524 g/mol. The number of hydrogen-bond acceptors (Lipinski definition) is 7. The molecule has 1 spiro atoms. The maximum absolute atomic E-state index is 14.6. The van der Waals surface area contributed by atoms with Crippen molar-refractivity contribution in [2.75, 3.05) is 4.90 Å². The summed E-state index contributed by atoms with van der Waals surface area (Å²) < 4.78 is 27.6. The molecule has 9 heteroatoms. The highest BCUT2D eigenvalue weighted by Gasteiger charge is 2.54. The number of aromatic nitrogens is 2. The lowest BCUT2D eigenvalue weighted by atomic mass is 9.69. The predicted molar refractivity (Wildman–Crippen MR) is 136 cm³/mol. The topological polar surface area (TPSA) is 88.7 Å². The van der Waals surface area contributed by atoms with Crippen LogP contribution in [0.1, 0.15) is 103 Å². The van der Waals surface area contributed by atoms with Gasteiger partial charge in [0.25, 0.3) is 0 Å². The fraction of sp³-hybridized carbons (Fsp3) is 0.607. The minimum atomic E-state index is -1.13. The van der Waals surface area contributed by atoms with E-state index in [-0.39, 0.29) is 17.2 Å². The first kappa shape index (κ1) is 22.5. The van der Waals surface area contributed by atoms with E-state index in [0.29, 0.717) is 40.6 Å². The molecule has 0 radical (unpaired) electrons. The van der Waals surface area contributed by atoms with Crippen LogP contribution in [0.15, 0.2) is 16.7 Å². The van der Waals surface area contributed by atoms with Gasteiger partial charge in [0, 0.05) is 29.5 Å². The number of fused-ring (bicyclic) bond motifs is 3. The number of carboxylic acid groups (broad SMARTS) is 1. The van der Waals surface area contributed by atoms with E-state index in [1.807, 2.05) is 0 Å². The lowest BCUT2D eigenvalue weighted by Crippen LogP contribution is -2.45. The van der Waals surface area contributed by atoms with Gasteiger partial charge in [0.15, 0.2) is 10.9 Å². The Bertz CT molecular complexity index is 1390. The first-order valence-electron chi connectivity index (χ1n) is 13.7. The molecular weight excluding hydrogens is 493 g/mol. The largest absolute Gasteiger partial charge is 0.478 e. The smallest absolute Gasteiger partial charge is 0.335 e. The summed E-state index contributed by atoms with van der Waals surface area (Å²) in [7, 11) is 0. The molecule has 1 N–H and O–H groups in total. The lowest BCUT2D eigenvalue weighted by Gasteiger charge is -2.39. The van der Waals surface area contributed by atoms with Crippen molar-refractivity contribution in [3.05, 3.63) is 40.5 Å². The monoisotopic (exact) mass is 523 g/mol. The first-order valence-corrected chi connectivity index (χ1v) is 14.5. The van der Waals surface area contributed by atoms with Gasteiger partial charge in [0.2, 0.25) is 0 Å². The fourth-order valence-electron chi connectivity index (χ4n) is 7.22. The summed E-state index contributed by atoms with van der Waals surface area (Å²) in [5.74, 6) is 0.437. The minimum absolute atomic E-state index is 0.0387. The van der Waals surface area contributed by atoms with Crippen LogP contribution in [0.3, 0.4) is 0 Å². The van der Waals surface area contributed by atoms with Gasteiger partial charge in [-0.25, -0.2) is 14.2 Å². The predicted octanol–water partition coefficient (Wildman–Crippen LogP) is 6.37. The van der Waals surface area contributed by atoms with Gasteiger partial charge < -0.3 is 19.3 Å². The van der Waals surface area contributed by atoms with Gasteiger partial charge in [-0.3, -0.25) is 0 Å². The molecule has 8 rings (SSSR count). The van der Waals surface area contributed by atoms with Crippen LogP contribution in [0, 0.1) is 11.2 Å². The number of hydrogen-bond donors (Lipinski definition) is 1. The zero-order chi connectivity index (χ0) is 24.9.